The highest BCUT2D eigenvalue weighted by atomic mass is 16.6. The van der Waals surface area contributed by atoms with Crippen molar-refractivity contribution in [2.24, 2.45) is 0 Å². The smallest absolute Gasteiger partial charge is 0.306 e. The first kappa shape index (κ1) is 52.6. The minimum Gasteiger partial charge on any atom is -0.462 e. The van der Waals surface area contributed by atoms with Gasteiger partial charge in [-0.1, -0.05) is 186 Å². The summed E-state index contributed by atoms with van der Waals surface area (Å²) in [5.41, 5.74) is 0. The van der Waals surface area contributed by atoms with Gasteiger partial charge in [-0.2, -0.15) is 0 Å². The predicted octanol–water partition coefficient (Wildman–Crippen LogP) is 15.0. The molecule has 6 heteroatoms. The minimum absolute atomic E-state index is 0.0788. The van der Waals surface area contributed by atoms with Crippen LogP contribution < -0.4 is 0 Å². The largest absolute Gasteiger partial charge is 0.462 e. The highest BCUT2D eigenvalue weighted by Crippen LogP contribution is 2.14. The van der Waals surface area contributed by atoms with Crippen LogP contribution in [0.3, 0.4) is 0 Å². The van der Waals surface area contributed by atoms with E-state index >= 15 is 0 Å². The van der Waals surface area contributed by atoms with Crippen molar-refractivity contribution in [1.29, 1.82) is 0 Å². The molecule has 0 aromatic heterocycles. The number of esters is 3. The normalized spacial score (nSPS) is 12.3. The zero-order chi connectivity index (χ0) is 40.1. The number of hydrogen-bond donors (Lipinski definition) is 0. The summed E-state index contributed by atoms with van der Waals surface area (Å²) >= 11 is 0. The van der Waals surface area contributed by atoms with Gasteiger partial charge in [-0.25, -0.2) is 0 Å². The van der Waals surface area contributed by atoms with E-state index in [2.05, 4.69) is 57.2 Å². The van der Waals surface area contributed by atoms with Crippen molar-refractivity contribution >= 4 is 17.9 Å². The van der Waals surface area contributed by atoms with Gasteiger partial charge in [0.15, 0.2) is 6.10 Å². The van der Waals surface area contributed by atoms with Crippen LogP contribution in [-0.2, 0) is 28.6 Å². The van der Waals surface area contributed by atoms with Crippen molar-refractivity contribution in [1.82, 2.24) is 0 Å². The molecule has 0 rings (SSSR count). The van der Waals surface area contributed by atoms with Gasteiger partial charge in [-0.3, -0.25) is 14.4 Å². The Morgan fingerprint density at radius 2 is 0.709 bits per heavy atom. The molecule has 0 aliphatic heterocycles. The molecular formula is C49H88O6. The van der Waals surface area contributed by atoms with E-state index in [0.29, 0.717) is 19.3 Å². The Morgan fingerprint density at radius 3 is 1.11 bits per heavy atom. The highest BCUT2D eigenvalue weighted by Gasteiger charge is 2.19. The number of unbranched alkanes of at least 4 members (excludes halogenated alkanes) is 25. The van der Waals surface area contributed by atoms with E-state index in [1.807, 2.05) is 0 Å². The molecule has 0 radical (unpaired) electrons. The summed E-state index contributed by atoms with van der Waals surface area (Å²) < 4.78 is 16.7. The lowest BCUT2D eigenvalue weighted by molar-refractivity contribution is -0.167. The van der Waals surface area contributed by atoms with E-state index in [9.17, 15) is 14.4 Å². The lowest BCUT2D eigenvalue weighted by Gasteiger charge is -2.18. The monoisotopic (exact) mass is 773 g/mol. The van der Waals surface area contributed by atoms with Gasteiger partial charge in [0.25, 0.3) is 0 Å². The lowest BCUT2D eigenvalue weighted by atomic mass is 10.1. The van der Waals surface area contributed by atoms with Gasteiger partial charge in [0.1, 0.15) is 13.2 Å². The Morgan fingerprint density at radius 1 is 0.382 bits per heavy atom. The summed E-state index contributed by atoms with van der Waals surface area (Å²) in [5.74, 6) is -0.902. The summed E-state index contributed by atoms with van der Waals surface area (Å²) in [6, 6.07) is 0. The minimum atomic E-state index is -0.777. The molecule has 0 bridgehead atoms. The number of carbonyl (C=O) groups is 3. The maximum absolute atomic E-state index is 12.7. The average Bonchev–Trinajstić information content (AvgIpc) is 3.18. The van der Waals surface area contributed by atoms with E-state index in [0.717, 1.165) is 96.3 Å². The molecular weight excluding hydrogens is 685 g/mol. The van der Waals surface area contributed by atoms with Crippen LogP contribution in [-0.4, -0.2) is 37.2 Å². The van der Waals surface area contributed by atoms with Crippen molar-refractivity contribution < 1.29 is 28.6 Å². The van der Waals surface area contributed by atoms with Crippen molar-refractivity contribution in [3.05, 3.63) is 36.5 Å². The molecule has 0 N–H and O–H groups in total. The van der Waals surface area contributed by atoms with E-state index in [-0.39, 0.29) is 31.1 Å². The molecule has 320 valence electrons. The standard InChI is InChI=1S/C49H88O6/c1-4-7-10-13-16-19-21-23-24-25-26-28-30-33-36-39-42-48(51)54-45-46(44-53-47(50)41-38-35-32-29-18-15-12-9-6-3)55-49(52)43-40-37-34-31-27-22-20-17-14-11-8-5-2/h8,11,17,20,24-25,46H,4-7,9-10,12-16,18-19,21-23,26-45H2,1-3H3/b11-8-,20-17-,25-24-. The number of hydrogen-bond acceptors (Lipinski definition) is 6. The van der Waals surface area contributed by atoms with E-state index < -0.39 is 6.10 Å². The summed E-state index contributed by atoms with van der Waals surface area (Å²) in [6.45, 7) is 6.49. The van der Waals surface area contributed by atoms with Gasteiger partial charge in [0, 0.05) is 19.3 Å². The highest BCUT2D eigenvalue weighted by molar-refractivity contribution is 5.71. The summed E-state index contributed by atoms with van der Waals surface area (Å²) in [6.07, 6.45) is 49.9. The number of carbonyl (C=O) groups excluding carboxylic acids is 3. The second kappa shape index (κ2) is 44.3. The fourth-order valence-electron chi connectivity index (χ4n) is 6.59. The molecule has 0 heterocycles. The van der Waals surface area contributed by atoms with Gasteiger partial charge < -0.3 is 14.2 Å². The van der Waals surface area contributed by atoms with Crippen molar-refractivity contribution in [2.45, 2.75) is 245 Å². The van der Waals surface area contributed by atoms with Gasteiger partial charge in [0.2, 0.25) is 0 Å². The van der Waals surface area contributed by atoms with Crippen molar-refractivity contribution in [2.75, 3.05) is 13.2 Å². The van der Waals surface area contributed by atoms with Crippen LogP contribution in [0, 0.1) is 0 Å². The second-order valence-corrected chi connectivity index (χ2v) is 15.6. The molecule has 0 aliphatic rings. The third-order valence-corrected chi connectivity index (χ3v) is 10.1. The Balaban J connectivity index is 4.34. The van der Waals surface area contributed by atoms with Crippen LogP contribution >= 0.6 is 0 Å². The van der Waals surface area contributed by atoms with E-state index in [4.69, 9.17) is 14.2 Å². The zero-order valence-corrected chi connectivity index (χ0v) is 36.4. The Bertz CT molecular complexity index is 938. The van der Waals surface area contributed by atoms with Crippen LogP contribution in [0.15, 0.2) is 36.5 Å². The van der Waals surface area contributed by atoms with Gasteiger partial charge in [-0.15, -0.1) is 0 Å². The molecule has 0 saturated carbocycles. The first-order valence-corrected chi connectivity index (χ1v) is 23.5. The Labute approximate surface area is 340 Å². The molecule has 0 spiro atoms. The number of allylic oxidation sites excluding steroid dienone is 6. The second-order valence-electron chi connectivity index (χ2n) is 15.6. The lowest BCUT2D eigenvalue weighted by Crippen LogP contribution is -2.30. The molecule has 55 heavy (non-hydrogen) atoms. The fraction of sp³-hybridized carbons (Fsp3) is 0.816. The zero-order valence-electron chi connectivity index (χ0n) is 36.4. The fourth-order valence-corrected chi connectivity index (χ4v) is 6.59. The van der Waals surface area contributed by atoms with Gasteiger partial charge in [0.05, 0.1) is 0 Å². The molecule has 0 aliphatic carbocycles. The number of ether oxygens (including phenoxy) is 3. The van der Waals surface area contributed by atoms with Crippen molar-refractivity contribution in [3.63, 3.8) is 0 Å². The molecule has 0 aromatic rings. The van der Waals surface area contributed by atoms with Gasteiger partial charge >= 0.3 is 17.9 Å². The molecule has 1 atom stereocenters. The molecule has 6 nitrogen and oxygen atoms in total. The van der Waals surface area contributed by atoms with Crippen LogP contribution in [0.25, 0.3) is 0 Å². The summed E-state index contributed by atoms with van der Waals surface area (Å²) in [4.78, 5) is 37.7. The molecule has 0 amide bonds. The van der Waals surface area contributed by atoms with Crippen LogP contribution in [0.4, 0.5) is 0 Å². The topological polar surface area (TPSA) is 78.9 Å². The van der Waals surface area contributed by atoms with Crippen LogP contribution in [0.2, 0.25) is 0 Å². The first-order chi connectivity index (χ1) is 27.0. The average molecular weight is 773 g/mol. The van der Waals surface area contributed by atoms with E-state index in [1.54, 1.807) is 0 Å². The molecule has 1 unspecified atom stereocenters. The molecule has 0 fully saturated rings. The van der Waals surface area contributed by atoms with Crippen LogP contribution in [0.1, 0.15) is 239 Å². The number of rotatable bonds is 42. The summed E-state index contributed by atoms with van der Waals surface area (Å²) in [5, 5.41) is 0. The molecule has 0 aromatic carbocycles. The maximum Gasteiger partial charge on any atom is 0.306 e. The predicted molar refractivity (Wildman–Crippen MR) is 233 cm³/mol. The van der Waals surface area contributed by atoms with Crippen molar-refractivity contribution in [3.8, 4) is 0 Å². The first-order valence-electron chi connectivity index (χ1n) is 23.5. The Hall–Kier alpha value is -2.37. The quantitative estimate of drug-likeness (QED) is 0.0266. The summed E-state index contributed by atoms with van der Waals surface area (Å²) in [7, 11) is 0. The maximum atomic E-state index is 12.7. The van der Waals surface area contributed by atoms with Gasteiger partial charge in [-0.05, 0) is 70.6 Å². The third-order valence-electron chi connectivity index (χ3n) is 10.1. The van der Waals surface area contributed by atoms with Crippen LogP contribution in [0.5, 0.6) is 0 Å². The SMILES string of the molecule is CC/C=C\C/C=C\CCCCCCCC(=O)OC(COC(=O)CCCCCCC/C=C\CCCCCCCCC)COC(=O)CCCCCCCCCCC. The third kappa shape index (κ3) is 42.6. The molecule has 0 saturated heterocycles. The van der Waals surface area contributed by atoms with E-state index in [1.165, 1.54) is 103 Å². The Kier molecular flexibility index (Phi) is 42.4.